The van der Waals surface area contributed by atoms with Crippen LogP contribution >= 0.6 is 11.6 Å². The Bertz CT molecular complexity index is 1160. The molecule has 1 aliphatic rings. The average molecular weight is 470 g/mol. The van der Waals surface area contributed by atoms with Crippen LogP contribution in [0, 0.1) is 12.7 Å². The van der Waals surface area contributed by atoms with Crippen molar-refractivity contribution >= 4 is 40.0 Å². The lowest BCUT2D eigenvalue weighted by Gasteiger charge is -2.35. The first-order valence-corrected chi connectivity index (χ1v) is 11.6. The van der Waals surface area contributed by atoms with E-state index >= 15 is 0 Å². The number of aryl methyl sites for hydroxylation is 2. The number of fused-ring (bicyclic) bond motifs is 1. The maximum Gasteiger partial charge on any atom is 0.226 e. The third-order valence-electron chi connectivity index (χ3n) is 6.28. The lowest BCUT2D eigenvalue weighted by molar-refractivity contribution is -0.116. The molecule has 2 aromatic carbocycles. The van der Waals surface area contributed by atoms with Gasteiger partial charge in [0.1, 0.15) is 5.82 Å². The van der Waals surface area contributed by atoms with E-state index in [1.54, 1.807) is 12.1 Å². The summed E-state index contributed by atoms with van der Waals surface area (Å²) in [4.78, 5) is 26.7. The normalized spacial score (nSPS) is 14.8. The van der Waals surface area contributed by atoms with Crippen LogP contribution in [0.15, 0.2) is 36.4 Å². The molecule has 0 spiro atoms. The number of rotatable bonds is 6. The lowest BCUT2D eigenvalue weighted by atomic mass is 10.0. The Morgan fingerprint density at radius 3 is 2.67 bits per heavy atom. The van der Waals surface area contributed by atoms with Crippen molar-refractivity contribution in [2.75, 3.05) is 37.4 Å². The van der Waals surface area contributed by atoms with E-state index < -0.39 is 5.82 Å². The number of halogens is 2. The molecule has 0 aliphatic carbocycles. The fraction of sp³-hybridized carbons (Fsp3) is 0.400. The summed E-state index contributed by atoms with van der Waals surface area (Å²) in [7, 11) is 4.25. The predicted molar refractivity (Wildman–Crippen MR) is 132 cm³/mol. The highest BCUT2D eigenvalue weighted by Gasteiger charge is 2.23. The molecule has 2 heterocycles. The first-order valence-electron chi connectivity index (χ1n) is 11.2. The number of nitrogens with one attached hydrogen (secondary N) is 1. The van der Waals surface area contributed by atoms with Crippen molar-refractivity contribution in [1.82, 2.24) is 14.9 Å². The van der Waals surface area contributed by atoms with E-state index in [1.807, 2.05) is 25.1 Å². The molecule has 3 aromatic rings. The Hall–Kier alpha value is -2.77. The maximum absolute atomic E-state index is 14.0. The van der Waals surface area contributed by atoms with Gasteiger partial charge in [-0.05, 0) is 70.1 Å². The molecule has 8 heteroatoms. The second-order valence-corrected chi connectivity index (χ2v) is 9.21. The monoisotopic (exact) mass is 469 g/mol. The van der Waals surface area contributed by atoms with Gasteiger partial charge in [-0.15, -0.1) is 0 Å². The van der Waals surface area contributed by atoms with Gasteiger partial charge in [0.05, 0.1) is 16.9 Å². The average Bonchev–Trinajstić information content (AvgIpc) is 2.78. The second kappa shape index (κ2) is 10.0. The number of piperidine rings is 1. The third-order valence-corrected chi connectivity index (χ3v) is 6.52. The summed E-state index contributed by atoms with van der Waals surface area (Å²) in [6.45, 7) is 3.79. The van der Waals surface area contributed by atoms with E-state index in [4.69, 9.17) is 21.6 Å². The second-order valence-electron chi connectivity index (χ2n) is 8.77. The first kappa shape index (κ1) is 23.4. The standard InChI is InChI=1S/C25H29ClFN5O/c1-16-24-21(29-23(33)10-8-17-7-9-18(26)15-20(17)27)5-4-6-22(24)30-25(28-16)32-13-11-19(12-14-32)31(2)3/h4-7,9,15,19H,8,10-14H2,1-3H3,(H,29,33). The third kappa shape index (κ3) is 5.42. The van der Waals surface area contributed by atoms with E-state index in [1.165, 1.54) is 6.07 Å². The summed E-state index contributed by atoms with van der Waals surface area (Å²) in [5.74, 6) is 0.150. The Labute approximate surface area is 198 Å². The van der Waals surface area contributed by atoms with Crippen LogP contribution < -0.4 is 10.2 Å². The van der Waals surface area contributed by atoms with E-state index in [9.17, 15) is 9.18 Å². The molecular weight excluding hydrogens is 441 g/mol. The molecule has 174 valence electrons. The topological polar surface area (TPSA) is 61.4 Å². The predicted octanol–water partition coefficient (Wildman–Crippen LogP) is 4.83. The molecule has 33 heavy (non-hydrogen) atoms. The molecule has 1 aliphatic heterocycles. The summed E-state index contributed by atoms with van der Waals surface area (Å²) < 4.78 is 14.0. The van der Waals surface area contributed by atoms with Gasteiger partial charge in [-0.1, -0.05) is 23.7 Å². The molecule has 0 radical (unpaired) electrons. The zero-order chi connectivity index (χ0) is 23.5. The largest absolute Gasteiger partial charge is 0.341 e. The SMILES string of the molecule is Cc1nc(N2CCC(N(C)C)CC2)nc2cccc(NC(=O)CCc3ccc(Cl)cc3F)c12. The van der Waals surface area contributed by atoms with Gasteiger partial charge in [0.25, 0.3) is 0 Å². The molecule has 1 saturated heterocycles. The molecule has 0 saturated carbocycles. The van der Waals surface area contributed by atoms with Gasteiger partial charge in [-0.2, -0.15) is 0 Å². The number of carbonyl (C=O) groups is 1. The molecule has 1 aromatic heterocycles. The van der Waals surface area contributed by atoms with Crippen LogP contribution in [-0.2, 0) is 11.2 Å². The molecule has 6 nitrogen and oxygen atoms in total. The van der Waals surface area contributed by atoms with Crippen LogP contribution in [-0.4, -0.2) is 54.0 Å². The smallest absolute Gasteiger partial charge is 0.226 e. The number of aromatic nitrogens is 2. The highest BCUT2D eigenvalue weighted by Crippen LogP contribution is 2.28. The van der Waals surface area contributed by atoms with Gasteiger partial charge in [0, 0.05) is 36.0 Å². The minimum atomic E-state index is -0.396. The number of anilines is 2. The quantitative estimate of drug-likeness (QED) is 0.560. The first-order chi connectivity index (χ1) is 15.8. The van der Waals surface area contributed by atoms with Gasteiger partial charge < -0.3 is 15.1 Å². The Morgan fingerprint density at radius 2 is 1.97 bits per heavy atom. The fourth-order valence-corrected chi connectivity index (χ4v) is 4.52. The van der Waals surface area contributed by atoms with Crippen LogP contribution in [0.3, 0.4) is 0 Å². The van der Waals surface area contributed by atoms with Crippen LogP contribution in [0.5, 0.6) is 0 Å². The summed E-state index contributed by atoms with van der Waals surface area (Å²) >= 11 is 5.80. The van der Waals surface area contributed by atoms with E-state index in [0.717, 1.165) is 48.5 Å². The fourth-order valence-electron chi connectivity index (χ4n) is 4.37. The molecule has 0 bridgehead atoms. The summed E-state index contributed by atoms with van der Waals surface area (Å²) in [5, 5.41) is 4.13. The lowest BCUT2D eigenvalue weighted by Crippen LogP contribution is -2.42. The minimum Gasteiger partial charge on any atom is -0.341 e. The molecule has 1 N–H and O–H groups in total. The molecule has 0 unspecified atom stereocenters. The zero-order valence-corrected chi connectivity index (χ0v) is 20.0. The van der Waals surface area contributed by atoms with Crippen LogP contribution in [0.4, 0.5) is 16.0 Å². The maximum atomic E-state index is 14.0. The Balaban J connectivity index is 1.48. The molecule has 1 amide bonds. The van der Waals surface area contributed by atoms with Crippen molar-refractivity contribution < 1.29 is 9.18 Å². The van der Waals surface area contributed by atoms with Gasteiger partial charge >= 0.3 is 0 Å². The number of nitrogens with zero attached hydrogens (tertiary/aromatic N) is 4. The number of hydrogen-bond acceptors (Lipinski definition) is 5. The number of benzene rings is 2. The summed E-state index contributed by atoms with van der Waals surface area (Å²) in [6.07, 6.45) is 2.62. The van der Waals surface area contributed by atoms with Crippen molar-refractivity contribution in [3.63, 3.8) is 0 Å². The summed E-state index contributed by atoms with van der Waals surface area (Å²) in [6, 6.07) is 10.8. The van der Waals surface area contributed by atoms with Gasteiger partial charge in [0.15, 0.2) is 0 Å². The van der Waals surface area contributed by atoms with Crippen molar-refractivity contribution in [1.29, 1.82) is 0 Å². The highest BCUT2D eigenvalue weighted by molar-refractivity contribution is 6.30. The van der Waals surface area contributed by atoms with Crippen LogP contribution in [0.2, 0.25) is 5.02 Å². The van der Waals surface area contributed by atoms with Crippen molar-refractivity contribution in [2.24, 2.45) is 0 Å². The number of carbonyl (C=O) groups excluding carboxylic acids is 1. The zero-order valence-electron chi connectivity index (χ0n) is 19.2. The highest BCUT2D eigenvalue weighted by atomic mass is 35.5. The molecular formula is C25H29ClFN5O. The Kier molecular flexibility index (Phi) is 7.10. The van der Waals surface area contributed by atoms with Crippen molar-refractivity contribution in [2.45, 2.75) is 38.6 Å². The van der Waals surface area contributed by atoms with E-state index in [-0.39, 0.29) is 12.3 Å². The van der Waals surface area contributed by atoms with E-state index in [2.05, 4.69) is 29.2 Å². The van der Waals surface area contributed by atoms with Crippen LogP contribution in [0.25, 0.3) is 10.9 Å². The van der Waals surface area contributed by atoms with Crippen molar-refractivity contribution in [3.05, 3.63) is 58.5 Å². The molecule has 0 atom stereocenters. The van der Waals surface area contributed by atoms with Gasteiger partial charge in [0.2, 0.25) is 11.9 Å². The van der Waals surface area contributed by atoms with Crippen LogP contribution in [0.1, 0.15) is 30.5 Å². The number of hydrogen-bond donors (Lipinski definition) is 1. The van der Waals surface area contributed by atoms with Crippen molar-refractivity contribution in [3.8, 4) is 0 Å². The Morgan fingerprint density at radius 1 is 1.21 bits per heavy atom. The van der Waals surface area contributed by atoms with Gasteiger partial charge in [-0.3, -0.25) is 4.79 Å². The van der Waals surface area contributed by atoms with E-state index in [0.29, 0.717) is 28.7 Å². The minimum absolute atomic E-state index is 0.160. The summed E-state index contributed by atoms with van der Waals surface area (Å²) in [5.41, 5.74) is 2.76. The van der Waals surface area contributed by atoms with Gasteiger partial charge in [-0.25, -0.2) is 14.4 Å². The molecule has 1 fully saturated rings. The number of amides is 1. The molecule has 4 rings (SSSR count).